The number of carbonyl (C=O) groups excluding carboxylic acids is 1. The summed E-state index contributed by atoms with van der Waals surface area (Å²) in [7, 11) is 1.51. The molecule has 7 heteroatoms. The van der Waals surface area contributed by atoms with E-state index in [4.69, 9.17) is 19.8 Å². The zero-order valence-electron chi connectivity index (χ0n) is 10.5. The predicted molar refractivity (Wildman–Crippen MR) is 61.7 cm³/mol. The molecule has 2 N–H and O–H groups in total. The molecule has 0 spiro atoms. The lowest BCUT2D eigenvalue weighted by Crippen LogP contribution is -2.43. The summed E-state index contributed by atoms with van der Waals surface area (Å²) in [4.78, 5) is 22.2. The molecule has 102 valence electrons. The lowest BCUT2D eigenvalue weighted by atomic mass is 10.0. The Morgan fingerprint density at radius 1 is 1.44 bits per heavy atom. The number of nitrogens with zero attached hydrogens (tertiary/aromatic N) is 1. The van der Waals surface area contributed by atoms with Crippen molar-refractivity contribution in [2.45, 2.75) is 19.4 Å². The van der Waals surface area contributed by atoms with Crippen LogP contribution in [0.25, 0.3) is 0 Å². The first-order valence-electron chi connectivity index (χ1n) is 5.49. The van der Waals surface area contributed by atoms with Crippen molar-refractivity contribution in [3.05, 3.63) is 0 Å². The van der Waals surface area contributed by atoms with Gasteiger partial charge in [0.25, 0.3) is 0 Å². The highest BCUT2D eigenvalue weighted by Crippen LogP contribution is 2.04. The van der Waals surface area contributed by atoms with E-state index in [1.165, 1.54) is 7.11 Å². The molecule has 0 aromatic rings. The van der Waals surface area contributed by atoms with Crippen LogP contribution in [-0.4, -0.2) is 50.0 Å². The Hall–Kier alpha value is -1.65. The third kappa shape index (κ3) is 7.60. The first-order valence-corrected chi connectivity index (χ1v) is 5.49. The summed E-state index contributed by atoms with van der Waals surface area (Å²) in [6, 6.07) is 0.850. The van der Waals surface area contributed by atoms with E-state index in [0.717, 1.165) is 0 Å². The summed E-state index contributed by atoms with van der Waals surface area (Å²) in [5.74, 6) is -2.13. The molecule has 0 fully saturated rings. The summed E-state index contributed by atoms with van der Waals surface area (Å²) >= 11 is 0. The van der Waals surface area contributed by atoms with Crippen LogP contribution in [0.1, 0.15) is 13.3 Å². The quantitative estimate of drug-likeness (QED) is 0.553. The number of ether oxygens (including phenoxy) is 2. The van der Waals surface area contributed by atoms with Crippen molar-refractivity contribution in [2.75, 3.05) is 26.9 Å². The molecule has 0 aliphatic carbocycles. The molecular formula is C11H18N2O5. The molecular weight excluding hydrogens is 240 g/mol. The number of amides is 1. The standard InChI is InChI=1S/C11H18N2O5/c1-8(6-12)5-9(11(15)16)13-10(14)7-18-4-3-17-2/h8-9H,3-5,7H2,1-2H3,(H,13,14)(H,15,16)/t8-,9+/m0/s1. The summed E-state index contributed by atoms with van der Waals surface area (Å²) < 4.78 is 9.68. The molecule has 1 amide bonds. The van der Waals surface area contributed by atoms with Crippen molar-refractivity contribution in [2.24, 2.45) is 5.92 Å². The van der Waals surface area contributed by atoms with E-state index in [9.17, 15) is 9.59 Å². The fourth-order valence-corrected chi connectivity index (χ4v) is 1.17. The van der Waals surface area contributed by atoms with Gasteiger partial charge < -0.3 is 19.9 Å². The van der Waals surface area contributed by atoms with Crippen LogP contribution < -0.4 is 5.32 Å². The molecule has 0 aliphatic rings. The van der Waals surface area contributed by atoms with Crippen molar-refractivity contribution in [3.63, 3.8) is 0 Å². The van der Waals surface area contributed by atoms with E-state index < -0.39 is 23.8 Å². The SMILES string of the molecule is COCCOCC(=O)N[C@H](C[C@H](C)C#N)C(=O)O. The summed E-state index contributed by atoms with van der Waals surface area (Å²) in [6.07, 6.45) is 0.0651. The van der Waals surface area contributed by atoms with Gasteiger partial charge in [-0.15, -0.1) is 0 Å². The highest BCUT2D eigenvalue weighted by Gasteiger charge is 2.22. The van der Waals surface area contributed by atoms with Crippen LogP contribution in [0.3, 0.4) is 0 Å². The maximum atomic E-state index is 11.4. The second-order valence-electron chi connectivity index (χ2n) is 3.77. The van der Waals surface area contributed by atoms with E-state index >= 15 is 0 Å². The van der Waals surface area contributed by atoms with E-state index in [0.29, 0.717) is 6.61 Å². The molecule has 0 heterocycles. The fraction of sp³-hybridized carbons (Fsp3) is 0.727. The Balaban J connectivity index is 4.05. The molecule has 0 saturated carbocycles. The van der Waals surface area contributed by atoms with E-state index in [1.54, 1.807) is 6.92 Å². The van der Waals surface area contributed by atoms with E-state index in [-0.39, 0.29) is 19.6 Å². The zero-order valence-corrected chi connectivity index (χ0v) is 10.5. The van der Waals surface area contributed by atoms with Gasteiger partial charge in [-0.1, -0.05) is 0 Å². The third-order valence-electron chi connectivity index (χ3n) is 2.11. The normalized spacial score (nSPS) is 13.4. The Morgan fingerprint density at radius 2 is 2.11 bits per heavy atom. The molecule has 0 aromatic carbocycles. The zero-order chi connectivity index (χ0) is 14.0. The van der Waals surface area contributed by atoms with Crippen LogP contribution in [0.15, 0.2) is 0 Å². The van der Waals surface area contributed by atoms with Gasteiger partial charge in [-0.3, -0.25) is 4.79 Å². The van der Waals surface area contributed by atoms with Gasteiger partial charge in [-0.2, -0.15) is 5.26 Å². The molecule has 0 aromatic heterocycles. The second-order valence-corrected chi connectivity index (χ2v) is 3.77. The first kappa shape index (κ1) is 16.4. The average Bonchev–Trinajstić information content (AvgIpc) is 2.33. The number of methoxy groups -OCH3 is 1. The smallest absolute Gasteiger partial charge is 0.326 e. The lowest BCUT2D eigenvalue weighted by molar-refractivity contribution is -0.143. The van der Waals surface area contributed by atoms with Crippen molar-refractivity contribution in [1.82, 2.24) is 5.32 Å². The average molecular weight is 258 g/mol. The van der Waals surface area contributed by atoms with Crippen LogP contribution in [0.4, 0.5) is 0 Å². The Labute approximate surface area is 106 Å². The Morgan fingerprint density at radius 3 is 2.61 bits per heavy atom. The molecule has 0 bridgehead atoms. The minimum atomic E-state index is -1.16. The number of nitriles is 1. The summed E-state index contributed by atoms with van der Waals surface area (Å²) in [6.45, 7) is 1.99. The Bertz CT molecular complexity index is 313. The van der Waals surface area contributed by atoms with Crippen molar-refractivity contribution < 1.29 is 24.2 Å². The van der Waals surface area contributed by atoms with Gasteiger partial charge in [-0.25, -0.2) is 4.79 Å². The number of hydrogen-bond acceptors (Lipinski definition) is 5. The van der Waals surface area contributed by atoms with E-state index in [1.807, 2.05) is 6.07 Å². The minimum Gasteiger partial charge on any atom is -0.480 e. The van der Waals surface area contributed by atoms with Gasteiger partial charge in [0.2, 0.25) is 5.91 Å². The van der Waals surface area contributed by atoms with Gasteiger partial charge in [-0.05, 0) is 13.3 Å². The van der Waals surface area contributed by atoms with Crippen LogP contribution in [-0.2, 0) is 19.1 Å². The number of carboxylic acid groups (broad SMARTS) is 1. The van der Waals surface area contributed by atoms with Crippen LogP contribution in [0, 0.1) is 17.2 Å². The molecule has 0 rings (SSSR count). The number of carboxylic acids is 1. The molecule has 18 heavy (non-hydrogen) atoms. The van der Waals surface area contributed by atoms with E-state index in [2.05, 4.69) is 5.32 Å². The highest BCUT2D eigenvalue weighted by atomic mass is 16.5. The molecule has 0 saturated heterocycles. The van der Waals surface area contributed by atoms with Gasteiger partial charge in [0.05, 0.1) is 19.3 Å². The number of hydrogen-bond donors (Lipinski definition) is 2. The number of aliphatic carboxylic acids is 1. The van der Waals surface area contributed by atoms with Crippen LogP contribution >= 0.6 is 0 Å². The topological polar surface area (TPSA) is 109 Å². The summed E-state index contributed by atoms with van der Waals surface area (Å²) in [5.41, 5.74) is 0. The van der Waals surface area contributed by atoms with Gasteiger partial charge >= 0.3 is 5.97 Å². The largest absolute Gasteiger partial charge is 0.480 e. The van der Waals surface area contributed by atoms with Gasteiger partial charge in [0.15, 0.2) is 0 Å². The summed E-state index contributed by atoms with van der Waals surface area (Å²) in [5, 5.41) is 19.8. The lowest BCUT2D eigenvalue weighted by Gasteiger charge is -2.15. The number of rotatable bonds is 9. The minimum absolute atomic E-state index is 0.0651. The maximum Gasteiger partial charge on any atom is 0.326 e. The predicted octanol–water partition coefficient (Wildman–Crippen LogP) is -0.231. The first-order chi connectivity index (χ1) is 8.51. The van der Waals surface area contributed by atoms with Crippen molar-refractivity contribution in [3.8, 4) is 6.07 Å². The van der Waals surface area contributed by atoms with Crippen LogP contribution in [0.2, 0.25) is 0 Å². The highest BCUT2D eigenvalue weighted by molar-refractivity contribution is 5.84. The molecule has 2 atom stereocenters. The maximum absolute atomic E-state index is 11.4. The molecule has 7 nitrogen and oxygen atoms in total. The van der Waals surface area contributed by atoms with Gasteiger partial charge in [0.1, 0.15) is 12.6 Å². The fourth-order valence-electron chi connectivity index (χ4n) is 1.17. The molecule has 0 radical (unpaired) electrons. The third-order valence-corrected chi connectivity index (χ3v) is 2.11. The number of carbonyl (C=O) groups is 2. The van der Waals surface area contributed by atoms with Crippen molar-refractivity contribution >= 4 is 11.9 Å². The van der Waals surface area contributed by atoms with Gasteiger partial charge in [0, 0.05) is 13.0 Å². The second kappa shape index (κ2) is 9.39. The monoisotopic (exact) mass is 258 g/mol. The molecule has 0 unspecified atom stereocenters. The van der Waals surface area contributed by atoms with Crippen molar-refractivity contribution in [1.29, 1.82) is 5.26 Å². The van der Waals surface area contributed by atoms with Crippen LogP contribution in [0.5, 0.6) is 0 Å². The molecule has 0 aliphatic heterocycles. The number of nitrogens with one attached hydrogen (secondary N) is 1. The Kier molecular flexibility index (Phi) is 8.53.